The molecule has 1 amide bonds. The van der Waals surface area contributed by atoms with Gasteiger partial charge in [0.1, 0.15) is 5.75 Å². The first-order chi connectivity index (χ1) is 13.5. The average Bonchev–Trinajstić information content (AvgIpc) is 2.99. The minimum Gasteiger partial charge on any atom is -0.496 e. The Morgan fingerprint density at radius 1 is 1.25 bits per heavy atom. The molecule has 0 bridgehead atoms. The van der Waals surface area contributed by atoms with E-state index >= 15 is 0 Å². The van der Waals surface area contributed by atoms with Gasteiger partial charge >= 0.3 is 0 Å². The summed E-state index contributed by atoms with van der Waals surface area (Å²) in [6.45, 7) is 4.59. The lowest BCUT2D eigenvalue weighted by Crippen LogP contribution is -2.18. The normalized spacial score (nSPS) is 11.0. The molecule has 1 N–H and O–H groups in total. The molecule has 0 fully saturated rings. The zero-order valence-corrected chi connectivity index (χ0v) is 17.5. The Kier molecular flexibility index (Phi) is 6.26. The first kappa shape index (κ1) is 19.8. The Labute approximate surface area is 172 Å². The van der Waals surface area contributed by atoms with E-state index in [2.05, 4.69) is 31.6 Å². The van der Waals surface area contributed by atoms with Crippen molar-refractivity contribution in [2.24, 2.45) is 5.10 Å². The lowest BCUT2D eigenvalue weighted by molar-refractivity contribution is 0.0955. The predicted molar refractivity (Wildman–Crippen MR) is 113 cm³/mol. The number of halogens is 1. The summed E-state index contributed by atoms with van der Waals surface area (Å²) in [4.78, 5) is 12.4. The van der Waals surface area contributed by atoms with E-state index in [9.17, 15) is 4.79 Å². The van der Waals surface area contributed by atoms with Crippen LogP contribution in [0.4, 0.5) is 0 Å². The number of benzene rings is 2. The minimum absolute atomic E-state index is 0.277. The van der Waals surface area contributed by atoms with Crippen LogP contribution in [-0.4, -0.2) is 29.0 Å². The number of hydrogen-bond donors (Lipinski definition) is 1. The molecule has 1 aromatic heterocycles. The molecule has 3 aromatic rings. The first-order valence-electron chi connectivity index (χ1n) is 8.73. The number of methoxy groups -OCH3 is 1. The van der Waals surface area contributed by atoms with Gasteiger partial charge in [0.05, 0.1) is 25.6 Å². The predicted octanol–water partition coefficient (Wildman–Crippen LogP) is 4.08. The zero-order chi connectivity index (χ0) is 20.1. The number of aryl methyl sites for hydroxylation is 2. The van der Waals surface area contributed by atoms with E-state index in [1.807, 2.05) is 61.0 Å². The van der Waals surface area contributed by atoms with Crippen LogP contribution in [0.3, 0.4) is 0 Å². The van der Waals surface area contributed by atoms with Crippen LogP contribution in [0.15, 0.2) is 58.1 Å². The molecule has 2 aromatic carbocycles. The fraction of sp³-hybridized carbons (Fsp3) is 0.190. The zero-order valence-electron chi connectivity index (χ0n) is 15.9. The van der Waals surface area contributed by atoms with E-state index in [1.54, 1.807) is 19.4 Å². The third-order valence-corrected chi connectivity index (χ3v) is 4.68. The van der Waals surface area contributed by atoms with Gasteiger partial charge in [0.25, 0.3) is 5.91 Å². The van der Waals surface area contributed by atoms with Crippen LogP contribution in [0.2, 0.25) is 0 Å². The van der Waals surface area contributed by atoms with Gasteiger partial charge in [0.15, 0.2) is 0 Å². The van der Waals surface area contributed by atoms with Crippen molar-refractivity contribution in [2.75, 3.05) is 7.11 Å². The number of hydrogen-bond acceptors (Lipinski definition) is 4. The van der Waals surface area contributed by atoms with Gasteiger partial charge in [-0.05, 0) is 55.8 Å². The highest BCUT2D eigenvalue weighted by atomic mass is 79.9. The van der Waals surface area contributed by atoms with Crippen LogP contribution in [0.25, 0.3) is 0 Å². The Morgan fingerprint density at radius 2 is 2.07 bits per heavy atom. The van der Waals surface area contributed by atoms with Crippen molar-refractivity contribution < 1.29 is 9.53 Å². The van der Waals surface area contributed by atoms with Gasteiger partial charge in [-0.2, -0.15) is 10.2 Å². The molecular weight excluding hydrogens is 420 g/mol. The number of carbonyl (C=O) groups excluding carboxylic acids is 1. The van der Waals surface area contributed by atoms with Gasteiger partial charge in [-0.25, -0.2) is 5.43 Å². The van der Waals surface area contributed by atoms with E-state index in [0.717, 1.165) is 27.0 Å². The number of carbonyl (C=O) groups is 1. The molecule has 0 saturated heterocycles. The second-order valence-corrected chi connectivity index (χ2v) is 7.29. The van der Waals surface area contributed by atoms with Crippen LogP contribution in [-0.2, 0) is 6.54 Å². The topological polar surface area (TPSA) is 68.5 Å². The number of nitrogens with zero attached hydrogens (tertiary/aromatic N) is 3. The molecule has 0 radical (unpaired) electrons. The van der Waals surface area contributed by atoms with Crippen molar-refractivity contribution in [3.63, 3.8) is 0 Å². The molecule has 144 valence electrons. The maximum atomic E-state index is 12.4. The van der Waals surface area contributed by atoms with Crippen LogP contribution in [0.1, 0.15) is 32.9 Å². The molecule has 0 atom stereocenters. The first-order valence-corrected chi connectivity index (χ1v) is 9.52. The summed E-state index contributed by atoms with van der Waals surface area (Å²) in [6, 6.07) is 15.0. The van der Waals surface area contributed by atoms with Crippen LogP contribution in [0.5, 0.6) is 5.75 Å². The Hall–Kier alpha value is -2.93. The molecule has 1 heterocycles. The summed E-state index contributed by atoms with van der Waals surface area (Å²) in [6.07, 6.45) is 1.56. The number of amides is 1. The molecule has 0 spiro atoms. The molecule has 0 unspecified atom stereocenters. The fourth-order valence-electron chi connectivity index (χ4n) is 2.85. The fourth-order valence-corrected chi connectivity index (χ4v) is 3.23. The molecule has 0 saturated carbocycles. The summed E-state index contributed by atoms with van der Waals surface area (Å²) >= 11 is 3.41. The maximum Gasteiger partial charge on any atom is 0.271 e. The van der Waals surface area contributed by atoms with Gasteiger partial charge < -0.3 is 4.74 Å². The summed E-state index contributed by atoms with van der Waals surface area (Å²) < 4.78 is 8.11. The summed E-state index contributed by atoms with van der Waals surface area (Å²) in [7, 11) is 1.59. The molecule has 3 rings (SSSR count). The van der Waals surface area contributed by atoms with Crippen molar-refractivity contribution in [3.05, 3.63) is 81.1 Å². The second kappa shape index (κ2) is 8.84. The molecule has 6 nitrogen and oxygen atoms in total. The number of nitrogens with one attached hydrogen (secondary N) is 1. The standard InChI is InChI=1S/C21H21BrN4O2/c1-14-9-15(2)26(25-14)13-16-5-4-6-17(10-16)21(27)24-23-12-18-11-19(22)7-8-20(18)28-3/h4-12H,13H2,1-3H3,(H,24,27)/b23-12-. The van der Waals surface area contributed by atoms with Crippen molar-refractivity contribution in [1.29, 1.82) is 0 Å². The van der Waals surface area contributed by atoms with Gasteiger partial charge in [0, 0.05) is 21.3 Å². The van der Waals surface area contributed by atoms with Crippen molar-refractivity contribution in [3.8, 4) is 5.75 Å². The Balaban J connectivity index is 1.69. The lowest BCUT2D eigenvalue weighted by Gasteiger charge is -2.07. The minimum atomic E-state index is -0.277. The Morgan fingerprint density at radius 3 is 2.79 bits per heavy atom. The molecule has 7 heteroatoms. The van der Waals surface area contributed by atoms with E-state index in [1.165, 1.54) is 0 Å². The number of hydrazone groups is 1. The third kappa shape index (κ3) is 4.86. The third-order valence-electron chi connectivity index (χ3n) is 4.19. The average molecular weight is 441 g/mol. The number of aromatic nitrogens is 2. The van der Waals surface area contributed by atoms with Crippen LogP contribution < -0.4 is 10.2 Å². The Bertz CT molecular complexity index is 1030. The summed E-state index contributed by atoms with van der Waals surface area (Å²) in [5.41, 5.74) is 6.92. The van der Waals surface area contributed by atoms with Gasteiger partial charge in [0.2, 0.25) is 0 Å². The maximum absolute atomic E-state index is 12.4. The molecule has 0 aliphatic heterocycles. The van der Waals surface area contributed by atoms with Crippen LogP contribution in [0, 0.1) is 13.8 Å². The number of rotatable bonds is 6. The molecular formula is C21H21BrN4O2. The lowest BCUT2D eigenvalue weighted by atomic mass is 10.1. The molecule has 0 aliphatic carbocycles. The van der Waals surface area contributed by atoms with Crippen LogP contribution >= 0.6 is 15.9 Å². The second-order valence-electron chi connectivity index (χ2n) is 6.37. The molecule has 0 aliphatic rings. The highest BCUT2D eigenvalue weighted by molar-refractivity contribution is 9.10. The van der Waals surface area contributed by atoms with E-state index < -0.39 is 0 Å². The molecule has 28 heavy (non-hydrogen) atoms. The summed E-state index contributed by atoms with van der Waals surface area (Å²) in [5.74, 6) is 0.397. The largest absolute Gasteiger partial charge is 0.496 e. The van der Waals surface area contributed by atoms with Gasteiger partial charge in [-0.15, -0.1) is 0 Å². The summed E-state index contributed by atoms with van der Waals surface area (Å²) in [5, 5.41) is 8.52. The quantitative estimate of drug-likeness (QED) is 0.463. The highest BCUT2D eigenvalue weighted by Crippen LogP contribution is 2.21. The number of ether oxygens (including phenoxy) is 1. The smallest absolute Gasteiger partial charge is 0.271 e. The van der Waals surface area contributed by atoms with E-state index in [-0.39, 0.29) is 5.91 Å². The van der Waals surface area contributed by atoms with Gasteiger partial charge in [-0.3, -0.25) is 9.48 Å². The van der Waals surface area contributed by atoms with Gasteiger partial charge in [-0.1, -0.05) is 28.1 Å². The monoisotopic (exact) mass is 440 g/mol. The van der Waals surface area contributed by atoms with E-state index in [4.69, 9.17) is 4.74 Å². The SMILES string of the molecule is COc1ccc(Br)cc1/C=N\NC(=O)c1cccc(Cn2nc(C)cc2C)c1. The highest BCUT2D eigenvalue weighted by Gasteiger charge is 2.08. The van der Waals surface area contributed by atoms with Crippen molar-refractivity contribution in [1.82, 2.24) is 15.2 Å². The van der Waals surface area contributed by atoms with E-state index in [0.29, 0.717) is 17.9 Å². The van der Waals surface area contributed by atoms with Crippen molar-refractivity contribution in [2.45, 2.75) is 20.4 Å². The van der Waals surface area contributed by atoms with Crippen molar-refractivity contribution >= 4 is 28.1 Å².